The summed E-state index contributed by atoms with van der Waals surface area (Å²) in [5.41, 5.74) is -0.147. The molecule has 6 rings (SSSR count). The van der Waals surface area contributed by atoms with Crippen molar-refractivity contribution in [1.82, 2.24) is 19.2 Å². The van der Waals surface area contributed by atoms with Gasteiger partial charge in [-0.05, 0) is 62.7 Å². The lowest BCUT2D eigenvalue weighted by Crippen LogP contribution is -2.55. The van der Waals surface area contributed by atoms with Crippen molar-refractivity contribution in [3.05, 3.63) is 12.5 Å². The van der Waals surface area contributed by atoms with Crippen LogP contribution in [0.5, 0.6) is 0 Å². The Morgan fingerprint density at radius 3 is 2.30 bits per heavy atom. The van der Waals surface area contributed by atoms with Crippen molar-refractivity contribution in [2.75, 3.05) is 26.2 Å². The third-order valence-corrected chi connectivity index (χ3v) is 9.15. The number of H-pyrrole nitrogens is 1. The van der Waals surface area contributed by atoms with Gasteiger partial charge in [0.2, 0.25) is 5.91 Å². The van der Waals surface area contributed by atoms with E-state index in [9.17, 15) is 13.2 Å². The van der Waals surface area contributed by atoms with Crippen molar-refractivity contribution in [1.29, 1.82) is 0 Å². The Balaban J connectivity index is 1.31. The highest BCUT2D eigenvalue weighted by Gasteiger charge is 2.55. The highest BCUT2D eigenvalue weighted by molar-refractivity contribution is 7.89. The molecule has 1 amide bonds. The fourth-order valence-electron chi connectivity index (χ4n) is 6.57. The van der Waals surface area contributed by atoms with Crippen LogP contribution in [0.3, 0.4) is 0 Å². The first-order valence-electron chi connectivity index (χ1n) is 10.2. The fourth-order valence-corrected chi connectivity index (χ4v) is 7.93. The van der Waals surface area contributed by atoms with Crippen molar-refractivity contribution >= 4 is 15.9 Å². The van der Waals surface area contributed by atoms with E-state index in [0.29, 0.717) is 38.5 Å². The summed E-state index contributed by atoms with van der Waals surface area (Å²) < 4.78 is 27.0. The van der Waals surface area contributed by atoms with Gasteiger partial charge in [0, 0.05) is 26.2 Å². The van der Waals surface area contributed by atoms with Crippen LogP contribution in [0, 0.1) is 23.2 Å². The zero-order valence-corrected chi connectivity index (χ0v) is 16.5. The Labute approximate surface area is 160 Å². The van der Waals surface area contributed by atoms with Gasteiger partial charge in [-0.15, -0.1) is 0 Å². The van der Waals surface area contributed by atoms with Crippen LogP contribution in [-0.4, -0.2) is 59.7 Å². The van der Waals surface area contributed by atoms with E-state index < -0.39 is 10.0 Å². The topological polar surface area (TPSA) is 86.4 Å². The minimum absolute atomic E-state index is 0.128. The maximum Gasteiger partial charge on any atom is 0.260 e. The lowest BCUT2D eigenvalue weighted by molar-refractivity contribution is -0.157. The van der Waals surface area contributed by atoms with E-state index in [2.05, 4.69) is 9.97 Å². The van der Waals surface area contributed by atoms with Crippen molar-refractivity contribution in [2.24, 2.45) is 23.2 Å². The highest BCUT2D eigenvalue weighted by Crippen LogP contribution is 2.60. The molecule has 4 bridgehead atoms. The summed E-state index contributed by atoms with van der Waals surface area (Å²) in [6, 6.07) is 0. The van der Waals surface area contributed by atoms with Crippen LogP contribution in [0.15, 0.2) is 17.6 Å². The quantitative estimate of drug-likeness (QED) is 0.851. The van der Waals surface area contributed by atoms with Crippen LogP contribution >= 0.6 is 0 Å². The molecule has 0 radical (unpaired) electrons. The first-order valence-corrected chi connectivity index (χ1v) is 11.7. The van der Waals surface area contributed by atoms with E-state index in [1.54, 1.807) is 0 Å². The monoisotopic (exact) mass is 392 g/mol. The van der Waals surface area contributed by atoms with E-state index in [-0.39, 0.29) is 10.4 Å². The van der Waals surface area contributed by atoms with Gasteiger partial charge in [-0.25, -0.2) is 13.4 Å². The largest absolute Gasteiger partial charge is 0.341 e. The Hall–Kier alpha value is -1.41. The molecule has 148 valence electrons. The van der Waals surface area contributed by atoms with Crippen LogP contribution in [0.4, 0.5) is 0 Å². The van der Waals surface area contributed by atoms with Crippen LogP contribution in [0.2, 0.25) is 0 Å². The molecule has 1 saturated heterocycles. The Kier molecular flexibility index (Phi) is 4.13. The van der Waals surface area contributed by atoms with Crippen LogP contribution in [-0.2, 0) is 14.8 Å². The van der Waals surface area contributed by atoms with Crippen LogP contribution < -0.4 is 0 Å². The molecule has 1 aromatic heterocycles. The highest BCUT2D eigenvalue weighted by atomic mass is 32.2. The molecule has 1 aromatic rings. The van der Waals surface area contributed by atoms with Crippen molar-refractivity contribution in [3.8, 4) is 0 Å². The molecule has 27 heavy (non-hydrogen) atoms. The number of nitrogens with zero attached hydrogens (tertiary/aromatic N) is 3. The smallest absolute Gasteiger partial charge is 0.260 e. The summed E-state index contributed by atoms with van der Waals surface area (Å²) >= 11 is 0. The van der Waals surface area contributed by atoms with Crippen molar-refractivity contribution in [3.63, 3.8) is 0 Å². The summed E-state index contributed by atoms with van der Waals surface area (Å²) in [6.07, 6.45) is 10.6. The second-order valence-corrected chi connectivity index (χ2v) is 11.1. The van der Waals surface area contributed by atoms with Gasteiger partial charge in [0.15, 0.2) is 5.03 Å². The number of carbonyl (C=O) groups is 1. The van der Waals surface area contributed by atoms with Gasteiger partial charge in [0.1, 0.15) is 0 Å². The molecule has 2 heterocycles. The van der Waals surface area contributed by atoms with E-state index >= 15 is 0 Å². The van der Waals surface area contributed by atoms with Gasteiger partial charge >= 0.3 is 0 Å². The SMILES string of the molecule is O=C(N1CCCN(S(=O)(=O)c2cnc[nH]2)CC1)C12CC3CC(CC(C3)C1)C2. The summed E-state index contributed by atoms with van der Waals surface area (Å²) in [4.78, 5) is 22.0. The van der Waals surface area contributed by atoms with Crippen molar-refractivity contribution in [2.45, 2.75) is 50.0 Å². The molecule has 8 heteroatoms. The molecule has 0 spiro atoms. The minimum atomic E-state index is -3.56. The predicted molar refractivity (Wildman–Crippen MR) is 99.1 cm³/mol. The fraction of sp³-hybridized carbons (Fsp3) is 0.789. The molecule has 0 aromatic carbocycles. The summed E-state index contributed by atoms with van der Waals surface area (Å²) in [5.74, 6) is 2.53. The zero-order valence-electron chi connectivity index (χ0n) is 15.6. The maximum absolute atomic E-state index is 13.5. The average molecular weight is 393 g/mol. The minimum Gasteiger partial charge on any atom is -0.341 e. The molecule has 0 atom stereocenters. The molecule has 5 aliphatic rings. The van der Waals surface area contributed by atoms with Gasteiger partial charge < -0.3 is 9.88 Å². The lowest BCUT2D eigenvalue weighted by Gasteiger charge is -2.56. The number of imidazole rings is 1. The first-order chi connectivity index (χ1) is 13.0. The maximum atomic E-state index is 13.5. The van der Waals surface area contributed by atoms with Gasteiger partial charge in [0.25, 0.3) is 10.0 Å². The van der Waals surface area contributed by atoms with Gasteiger partial charge in [-0.1, -0.05) is 0 Å². The molecular weight excluding hydrogens is 364 g/mol. The van der Waals surface area contributed by atoms with Gasteiger partial charge in [-0.3, -0.25) is 4.79 Å². The predicted octanol–water partition coefficient (Wildman–Crippen LogP) is 1.85. The van der Waals surface area contributed by atoms with Crippen molar-refractivity contribution < 1.29 is 13.2 Å². The number of aromatic nitrogens is 2. The number of hydrogen-bond acceptors (Lipinski definition) is 4. The van der Waals surface area contributed by atoms with E-state index in [4.69, 9.17) is 0 Å². The van der Waals surface area contributed by atoms with Crippen LogP contribution in [0.1, 0.15) is 44.9 Å². The summed E-state index contributed by atoms with van der Waals surface area (Å²) in [6.45, 7) is 1.97. The first kappa shape index (κ1) is 17.7. The second kappa shape index (κ2) is 6.30. The standard InChI is InChI=1S/C19H28N4O3S/c24-18(19-9-14-6-15(10-19)8-16(7-14)11-19)22-2-1-3-23(5-4-22)27(25,26)17-12-20-13-21-17/h12-16H,1-11H2,(H,20,21). The lowest BCUT2D eigenvalue weighted by atomic mass is 9.49. The second-order valence-electron chi connectivity index (χ2n) is 9.16. The molecule has 4 aliphatic carbocycles. The Morgan fingerprint density at radius 2 is 1.70 bits per heavy atom. The Bertz CT molecular complexity index is 785. The number of hydrogen-bond donors (Lipinski definition) is 1. The number of aromatic amines is 1. The van der Waals surface area contributed by atoms with Gasteiger partial charge in [-0.2, -0.15) is 4.31 Å². The normalized spacial score (nSPS) is 36.7. The third-order valence-electron chi connectivity index (χ3n) is 7.32. The number of amides is 1. The third kappa shape index (κ3) is 2.92. The zero-order chi connectivity index (χ0) is 18.6. The van der Waals surface area contributed by atoms with E-state index in [0.717, 1.165) is 37.0 Å². The molecule has 0 unspecified atom stereocenters. The van der Waals surface area contributed by atoms with E-state index in [1.807, 2.05) is 4.90 Å². The number of carbonyl (C=O) groups excluding carboxylic acids is 1. The molecular formula is C19H28N4O3S. The Morgan fingerprint density at radius 1 is 1.04 bits per heavy atom. The van der Waals surface area contributed by atoms with E-state index in [1.165, 1.54) is 36.1 Å². The number of nitrogens with one attached hydrogen (secondary N) is 1. The number of rotatable bonds is 3. The van der Waals surface area contributed by atoms with Gasteiger partial charge in [0.05, 0.1) is 17.9 Å². The molecule has 7 nitrogen and oxygen atoms in total. The molecule has 4 saturated carbocycles. The molecule has 5 fully saturated rings. The molecule has 1 N–H and O–H groups in total. The number of sulfonamides is 1. The molecule has 1 aliphatic heterocycles. The summed E-state index contributed by atoms with van der Waals surface area (Å²) in [5, 5.41) is 0.128. The summed E-state index contributed by atoms with van der Waals surface area (Å²) in [7, 11) is -3.56. The van der Waals surface area contributed by atoms with Crippen LogP contribution in [0.25, 0.3) is 0 Å². The average Bonchev–Trinajstić information content (AvgIpc) is 3.05.